The van der Waals surface area contributed by atoms with Gasteiger partial charge in [0.1, 0.15) is 11.5 Å². The normalized spacial score (nSPS) is 16.9. The Bertz CT molecular complexity index is 1500. The van der Waals surface area contributed by atoms with Crippen LogP contribution in [0.2, 0.25) is 5.02 Å². The van der Waals surface area contributed by atoms with Gasteiger partial charge in [-0.3, -0.25) is 9.78 Å². The van der Waals surface area contributed by atoms with E-state index in [2.05, 4.69) is 24.9 Å². The molecule has 0 fully saturated rings. The van der Waals surface area contributed by atoms with Crippen molar-refractivity contribution in [3.05, 3.63) is 92.0 Å². The number of nitrogens with zero attached hydrogens (tertiary/aromatic N) is 4. The second-order valence-corrected chi connectivity index (χ2v) is 9.76. The highest BCUT2D eigenvalue weighted by Gasteiger charge is 2.28. The van der Waals surface area contributed by atoms with Crippen molar-refractivity contribution in [2.24, 2.45) is 0 Å². The molecule has 0 saturated carbocycles. The number of hydrogen-bond donors (Lipinski definition) is 0. The van der Waals surface area contributed by atoms with Crippen LogP contribution in [0.5, 0.6) is 0 Å². The van der Waals surface area contributed by atoms with Crippen molar-refractivity contribution >= 4 is 17.2 Å². The molecule has 8 heteroatoms. The highest BCUT2D eigenvalue weighted by molar-refractivity contribution is 6.30. The molecule has 0 radical (unpaired) electrons. The fourth-order valence-corrected chi connectivity index (χ4v) is 4.96. The number of hydrogen-bond acceptors (Lipinski definition) is 5. The average Bonchev–Trinajstić information content (AvgIpc) is 3.19. The van der Waals surface area contributed by atoms with Gasteiger partial charge in [-0.05, 0) is 68.0 Å². The molecule has 0 amide bonds. The summed E-state index contributed by atoms with van der Waals surface area (Å²) in [5.74, 6) is -0.0541. The van der Waals surface area contributed by atoms with Crippen LogP contribution in [0.4, 0.5) is 4.39 Å². The maximum Gasteiger partial charge on any atom is 0.265 e. The molecular weight excluding hydrogens is 467 g/mol. The van der Waals surface area contributed by atoms with Crippen molar-refractivity contribution in [3.63, 3.8) is 0 Å². The van der Waals surface area contributed by atoms with E-state index in [4.69, 9.17) is 26.3 Å². The van der Waals surface area contributed by atoms with Gasteiger partial charge in [-0.1, -0.05) is 25.4 Å². The van der Waals surface area contributed by atoms with Crippen LogP contribution in [0.25, 0.3) is 17.0 Å². The number of rotatable bonds is 5. The summed E-state index contributed by atoms with van der Waals surface area (Å²) < 4.78 is 22.1. The van der Waals surface area contributed by atoms with Gasteiger partial charge in [0.15, 0.2) is 5.82 Å². The van der Waals surface area contributed by atoms with Crippen LogP contribution < -0.4 is 5.56 Å². The van der Waals surface area contributed by atoms with Crippen molar-refractivity contribution in [1.29, 1.82) is 0 Å². The van der Waals surface area contributed by atoms with Crippen LogP contribution >= 0.6 is 11.6 Å². The molecule has 1 aromatic carbocycles. The van der Waals surface area contributed by atoms with Gasteiger partial charge in [-0.25, -0.2) is 18.8 Å². The van der Waals surface area contributed by atoms with Gasteiger partial charge >= 0.3 is 0 Å². The minimum absolute atomic E-state index is 0.0258. The van der Waals surface area contributed by atoms with E-state index in [1.807, 2.05) is 32.2 Å². The van der Waals surface area contributed by atoms with E-state index < -0.39 is 5.82 Å². The topological polar surface area (TPSA) is 69.4 Å². The molecule has 4 heterocycles. The molecule has 6 nitrogen and oxygen atoms in total. The summed E-state index contributed by atoms with van der Waals surface area (Å²) in [7, 11) is 0. The molecule has 0 N–H and O–H groups in total. The largest absolute Gasteiger partial charge is 0.367 e. The smallest absolute Gasteiger partial charge is 0.265 e. The molecule has 35 heavy (non-hydrogen) atoms. The number of benzene rings is 1. The molecule has 0 bridgehead atoms. The highest BCUT2D eigenvalue weighted by atomic mass is 35.5. The number of halogens is 2. The molecule has 4 aromatic rings. The lowest BCUT2D eigenvalue weighted by atomic mass is 9.89. The Morgan fingerprint density at radius 3 is 2.71 bits per heavy atom. The second-order valence-electron chi connectivity index (χ2n) is 9.32. The predicted molar refractivity (Wildman–Crippen MR) is 133 cm³/mol. The monoisotopic (exact) mass is 492 g/mol. The summed E-state index contributed by atoms with van der Waals surface area (Å²) in [6.45, 7) is 8.32. The molecule has 1 aliphatic heterocycles. The van der Waals surface area contributed by atoms with E-state index in [1.165, 1.54) is 16.0 Å². The Kier molecular flexibility index (Phi) is 6.15. The van der Waals surface area contributed by atoms with Crippen molar-refractivity contribution in [1.82, 2.24) is 19.4 Å². The molecule has 3 unspecified atom stereocenters. The van der Waals surface area contributed by atoms with Crippen LogP contribution in [0.3, 0.4) is 0 Å². The van der Waals surface area contributed by atoms with E-state index >= 15 is 4.39 Å². The van der Waals surface area contributed by atoms with Crippen molar-refractivity contribution in [2.45, 2.75) is 58.7 Å². The average molecular weight is 493 g/mol. The second kappa shape index (κ2) is 9.13. The van der Waals surface area contributed by atoms with Crippen molar-refractivity contribution < 1.29 is 9.13 Å². The Labute approximate surface area is 207 Å². The van der Waals surface area contributed by atoms with Gasteiger partial charge in [-0.2, -0.15) is 0 Å². The van der Waals surface area contributed by atoms with Crippen molar-refractivity contribution in [3.8, 4) is 11.4 Å². The number of pyridine rings is 1. The molecule has 3 aromatic heterocycles. The van der Waals surface area contributed by atoms with Gasteiger partial charge < -0.3 is 4.74 Å². The Morgan fingerprint density at radius 1 is 1.17 bits per heavy atom. The van der Waals surface area contributed by atoms with Crippen LogP contribution in [0.1, 0.15) is 73.3 Å². The Balaban J connectivity index is 1.66. The molecule has 180 valence electrons. The summed E-state index contributed by atoms with van der Waals surface area (Å²) in [5, 5.41) is 0.273. The fraction of sp³-hybridized carbons (Fsp3) is 0.333. The maximum absolute atomic E-state index is 15.1. The van der Waals surface area contributed by atoms with Crippen LogP contribution in [0, 0.1) is 12.7 Å². The third-order valence-electron chi connectivity index (χ3n) is 6.70. The summed E-state index contributed by atoms with van der Waals surface area (Å²) in [6.07, 6.45) is 2.25. The zero-order valence-electron chi connectivity index (χ0n) is 20.0. The zero-order valence-corrected chi connectivity index (χ0v) is 20.8. The number of aromatic nitrogens is 4. The first-order valence-electron chi connectivity index (χ1n) is 11.7. The SMILES string of the molecule is Cc1cc(C(C)CC(C)c2cc3nc4c(c(=O)n3c(-c3ccc(Cl)cc3F)n2)C(C)OC4)ccn1. The number of fused-ring (bicyclic) bond motifs is 2. The Hall–Kier alpha value is -3.16. The maximum atomic E-state index is 15.1. The first-order chi connectivity index (χ1) is 16.7. The molecule has 1 aliphatic rings. The fourth-order valence-electron chi connectivity index (χ4n) is 4.81. The highest BCUT2D eigenvalue weighted by Crippen LogP contribution is 2.33. The lowest BCUT2D eigenvalue weighted by Crippen LogP contribution is -2.24. The molecular formula is C27H26ClFN4O2. The molecule has 0 aliphatic carbocycles. The minimum atomic E-state index is -0.548. The third-order valence-corrected chi connectivity index (χ3v) is 6.93. The summed E-state index contributed by atoms with van der Waals surface area (Å²) in [4.78, 5) is 27.4. The number of ether oxygens (including phenoxy) is 1. The van der Waals surface area contributed by atoms with Gasteiger partial charge in [0.05, 0.1) is 29.5 Å². The predicted octanol–water partition coefficient (Wildman–Crippen LogP) is 6.14. The van der Waals surface area contributed by atoms with Crippen molar-refractivity contribution in [2.75, 3.05) is 0 Å². The molecule has 3 atom stereocenters. The number of aryl methyl sites for hydroxylation is 1. The molecule has 0 saturated heterocycles. The molecule has 0 spiro atoms. The van der Waals surface area contributed by atoms with Gasteiger partial charge in [-0.15, -0.1) is 0 Å². The quantitative estimate of drug-likeness (QED) is 0.334. The summed E-state index contributed by atoms with van der Waals surface area (Å²) in [5.41, 5.74) is 4.37. The first-order valence-corrected chi connectivity index (χ1v) is 12.1. The Morgan fingerprint density at radius 2 is 1.97 bits per heavy atom. The standard InChI is InChI=1S/C27H26ClFN4O2/c1-14(18-7-8-30-16(3)10-18)9-15(2)22-12-24-31-23-13-35-17(4)25(23)27(34)33(24)26(32-22)20-6-5-19(28)11-21(20)29/h5-8,10-12,14-15,17H,9,13H2,1-4H3. The van der Waals surface area contributed by atoms with E-state index in [0.29, 0.717) is 16.9 Å². The van der Waals surface area contributed by atoms with E-state index in [1.54, 1.807) is 12.1 Å². The lowest BCUT2D eigenvalue weighted by molar-refractivity contribution is 0.0782. The van der Waals surface area contributed by atoms with Crippen LogP contribution in [-0.4, -0.2) is 19.4 Å². The minimum Gasteiger partial charge on any atom is -0.367 e. The third kappa shape index (κ3) is 4.34. The van der Waals surface area contributed by atoms with Gasteiger partial charge in [0.2, 0.25) is 0 Å². The lowest BCUT2D eigenvalue weighted by Gasteiger charge is -2.20. The van der Waals surface area contributed by atoms with E-state index in [9.17, 15) is 4.79 Å². The van der Waals surface area contributed by atoms with Crippen LogP contribution in [0.15, 0.2) is 47.4 Å². The summed E-state index contributed by atoms with van der Waals surface area (Å²) in [6, 6.07) is 10.3. The molecule has 5 rings (SSSR count). The van der Waals surface area contributed by atoms with Gasteiger partial charge in [0.25, 0.3) is 5.56 Å². The first kappa shape index (κ1) is 23.6. The van der Waals surface area contributed by atoms with Gasteiger partial charge in [0, 0.05) is 28.7 Å². The summed E-state index contributed by atoms with van der Waals surface area (Å²) >= 11 is 6.00. The van der Waals surface area contributed by atoms with Crippen LogP contribution in [-0.2, 0) is 11.3 Å². The zero-order chi connectivity index (χ0) is 24.9. The van der Waals surface area contributed by atoms with E-state index in [0.717, 1.165) is 17.8 Å². The van der Waals surface area contributed by atoms with E-state index in [-0.39, 0.29) is 46.5 Å².